The Bertz CT molecular complexity index is 538. The maximum atomic E-state index is 11.8. The molecular weight excluding hydrogens is 236 g/mol. The first-order valence-corrected chi connectivity index (χ1v) is 5.89. The van der Waals surface area contributed by atoms with Gasteiger partial charge in [-0.2, -0.15) is 0 Å². The van der Waals surface area contributed by atoms with E-state index in [2.05, 4.69) is 10.3 Å². The molecule has 17 heavy (non-hydrogen) atoms. The quantitative estimate of drug-likeness (QED) is 0.766. The van der Waals surface area contributed by atoms with Gasteiger partial charge in [-0.15, -0.1) is 11.3 Å². The summed E-state index contributed by atoms with van der Waals surface area (Å²) in [5.41, 5.74) is 13.0. The number of nitrogens with one attached hydrogen (secondary N) is 1. The summed E-state index contributed by atoms with van der Waals surface area (Å²) in [6, 6.07) is 7.38. The number of nitrogens with two attached hydrogens (primary N) is 2. The third kappa shape index (κ3) is 2.61. The maximum Gasteiger partial charge on any atom is 0.275 e. The summed E-state index contributed by atoms with van der Waals surface area (Å²) in [6.07, 6.45) is 0. The molecule has 0 atom stereocenters. The van der Waals surface area contributed by atoms with Gasteiger partial charge in [0.15, 0.2) is 5.13 Å². The fraction of sp³-hybridized carbons (Fsp3) is 0.0909. The highest BCUT2D eigenvalue weighted by Gasteiger charge is 2.11. The van der Waals surface area contributed by atoms with Crippen molar-refractivity contribution in [3.8, 4) is 0 Å². The Morgan fingerprint density at radius 2 is 2.18 bits per heavy atom. The summed E-state index contributed by atoms with van der Waals surface area (Å²) in [4.78, 5) is 15.7. The van der Waals surface area contributed by atoms with Gasteiger partial charge in [0, 0.05) is 17.6 Å². The van der Waals surface area contributed by atoms with Crippen LogP contribution in [0.4, 0.5) is 10.8 Å². The SMILES string of the molecule is NCc1ccccc1NC(=O)c1csc(N)n1. The summed E-state index contributed by atoms with van der Waals surface area (Å²) in [7, 11) is 0. The standard InChI is InChI=1S/C11H12N4OS/c12-5-7-3-1-2-4-8(7)14-10(16)9-6-17-11(13)15-9/h1-4,6H,5,12H2,(H2,13,15)(H,14,16). The third-order valence-corrected chi connectivity index (χ3v) is 2.91. The van der Waals surface area contributed by atoms with Crippen LogP contribution < -0.4 is 16.8 Å². The highest BCUT2D eigenvalue weighted by molar-refractivity contribution is 7.13. The van der Waals surface area contributed by atoms with E-state index in [1.54, 1.807) is 11.4 Å². The molecule has 2 aromatic rings. The Kier molecular flexibility index (Phi) is 3.36. The first-order valence-electron chi connectivity index (χ1n) is 5.01. The van der Waals surface area contributed by atoms with Gasteiger partial charge in [0.2, 0.25) is 0 Å². The first-order chi connectivity index (χ1) is 8.20. The largest absolute Gasteiger partial charge is 0.375 e. The lowest BCUT2D eigenvalue weighted by molar-refractivity contribution is 0.102. The molecule has 5 nitrogen and oxygen atoms in total. The second-order valence-corrected chi connectivity index (χ2v) is 4.28. The van der Waals surface area contributed by atoms with Crippen LogP contribution in [0, 0.1) is 0 Å². The number of carbonyl (C=O) groups excluding carboxylic acids is 1. The van der Waals surface area contributed by atoms with E-state index in [1.165, 1.54) is 11.3 Å². The number of rotatable bonds is 3. The van der Waals surface area contributed by atoms with E-state index < -0.39 is 0 Å². The number of amides is 1. The average molecular weight is 248 g/mol. The van der Waals surface area contributed by atoms with E-state index in [4.69, 9.17) is 11.5 Å². The second-order valence-electron chi connectivity index (χ2n) is 3.39. The van der Waals surface area contributed by atoms with Crippen LogP contribution >= 0.6 is 11.3 Å². The zero-order chi connectivity index (χ0) is 12.3. The molecule has 2 rings (SSSR count). The van der Waals surface area contributed by atoms with Gasteiger partial charge >= 0.3 is 0 Å². The number of hydrogen-bond acceptors (Lipinski definition) is 5. The van der Waals surface area contributed by atoms with Gasteiger partial charge < -0.3 is 16.8 Å². The second kappa shape index (κ2) is 4.94. The molecule has 6 heteroatoms. The molecule has 0 aliphatic rings. The lowest BCUT2D eigenvalue weighted by Crippen LogP contribution is -2.14. The third-order valence-electron chi connectivity index (χ3n) is 2.24. The number of nitrogens with zero attached hydrogens (tertiary/aromatic N) is 1. The topological polar surface area (TPSA) is 94.0 Å². The Balaban J connectivity index is 2.18. The van der Waals surface area contributed by atoms with Crippen LogP contribution in [0.1, 0.15) is 16.1 Å². The summed E-state index contributed by atoms with van der Waals surface area (Å²) < 4.78 is 0. The molecule has 1 amide bonds. The minimum Gasteiger partial charge on any atom is -0.375 e. The van der Waals surface area contributed by atoms with E-state index in [9.17, 15) is 4.79 Å². The molecule has 0 fully saturated rings. The fourth-order valence-electron chi connectivity index (χ4n) is 1.40. The lowest BCUT2D eigenvalue weighted by Gasteiger charge is -2.07. The van der Waals surface area contributed by atoms with E-state index in [1.807, 2.05) is 18.2 Å². The number of hydrogen-bond donors (Lipinski definition) is 3. The van der Waals surface area contributed by atoms with Gasteiger partial charge in [0.1, 0.15) is 5.69 Å². The van der Waals surface area contributed by atoms with E-state index in [-0.39, 0.29) is 5.91 Å². The molecule has 0 saturated heterocycles. The van der Waals surface area contributed by atoms with Gasteiger partial charge in [-0.25, -0.2) is 4.98 Å². The summed E-state index contributed by atoms with van der Waals surface area (Å²) >= 11 is 1.23. The Labute approximate surface area is 102 Å². The Hall–Kier alpha value is -1.92. The monoisotopic (exact) mass is 248 g/mol. The summed E-state index contributed by atoms with van der Waals surface area (Å²) in [5, 5.41) is 4.76. The fourth-order valence-corrected chi connectivity index (χ4v) is 1.94. The van der Waals surface area contributed by atoms with Crippen molar-refractivity contribution in [1.82, 2.24) is 4.98 Å². The van der Waals surface area contributed by atoms with E-state index >= 15 is 0 Å². The number of anilines is 2. The molecule has 88 valence electrons. The van der Waals surface area contributed by atoms with Gasteiger partial charge in [0.25, 0.3) is 5.91 Å². The molecule has 1 aromatic heterocycles. The number of nitrogen functional groups attached to an aromatic ring is 1. The smallest absolute Gasteiger partial charge is 0.275 e. The highest BCUT2D eigenvalue weighted by atomic mass is 32.1. The number of aromatic nitrogens is 1. The summed E-state index contributed by atoms with van der Waals surface area (Å²) in [5.74, 6) is -0.279. The molecule has 1 aromatic carbocycles. The van der Waals surface area contributed by atoms with Crippen LogP contribution in [-0.4, -0.2) is 10.9 Å². The van der Waals surface area contributed by atoms with Gasteiger partial charge in [-0.1, -0.05) is 18.2 Å². The summed E-state index contributed by atoms with van der Waals surface area (Å²) in [6.45, 7) is 0.371. The van der Waals surface area contributed by atoms with Crippen molar-refractivity contribution in [3.05, 3.63) is 40.9 Å². The predicted molar refractivity (Wildman–Crippen MR) is 68.8 cm³/mol. The van der Waals surface area contributed by atoms with Crippen molar-refractivity contribution < 1.29 is 4.79 Å². The molecular formula is C11H12N4OS. The zero-order valence-electron chi connectivity index (χ0n) is 9.01. The van der Waals surface area contributed by atoms with Crippen molar-refractivity contribution in [2.24, 2.45) is 5.73 Å². The first kappa shape index (κ1) is 11.6. The number of carbonyl (C=O) groups is 1. The van der Waals surface area contributed by atoms with Gasteiger partial charge in [-0.05, 0) is 11.6 Å². The molecule has 0 bridgehead atoms. The van der Waals surface area contributed by atoms with E-state index in [0.717, 1.165) is 5.56 Å². The van der Waals surface area contributed by atoms with Crippen molar-refractivity contribution in [2.75, 3.05) is 11.1 Å². The number of benzene rings is 1. The van der Waals surface area contributed by atoms with Gasteiger partial charge in [0.05, 0.1) is 0 Å². The number of thiazole rings is 1. The molecule has 0 aliphatic carbocycles. The average Bonchev–Trinajstić information content (AvgIpc) is 2.77. The van der Waals surface area contributed by atoms with Crippen LogP contribution in [0.3, 0.4) is 0 Å². The molecule has 0 spiro atoms. The molecule has 5 N–H and O–H groups in total. The molecule has 0 saturated carbocycles. The van der Waals surface area contributed by atoms with Crippen LogP contribution in [-0.2, 0) is 6.54 Å². The molecule has 1 heterocycles. The van der Waals surface area contributed by atoms with Crippen molar-refractivity contribution in [1.29, 1.82) is 0 Å². The minimum absolute atomic E-state index is 0.279. The lowest BCUT2D eigenvalue weighted by atomic mass is 10.2. The Morgan fingerprint density at radius 3 is 2.82 bits per heavy atom. The molecule has 0 unspecified atom stereocenters. The van der Waals surface area contributed by atoms with E-state index in [0.29, 0.717) is 23.1 Å². The van der Waals surface area contributed by atoms with Crippen LogP contribution in [0.25, 0.3) is 0 Å². The predicted octanol–water partition coefficient (Wildman–Crippen LogP) is 1.44. The van der Waals surface area contributed by atoms with Gasteiger partial charge in [-0.3, -0.25) is 4.79 Å². The minimum atomic E-state index is -0.279. The van der Waals surface area contributed by atoms with Crippen molar-refractivity contribution in [2.45, 2.75) is 6.54 Å². The Morgan fingerprint density at radius 1 is 1.41 bits per heavy atom. The van der Waals surface area contributed by atoms with Crippen LogP contribution in [0.2, 0.25) is 0 Å². The number of para-hydroxylation sites is 1. The maximum absolute atomic E-state index is 11.8. The molecule has 0 aliphatic heterocycles. The van der Waals surface area contributed by atoms with Crippen LogP contribution in [0.15, 0.2) is 29.6 Å². The zero-order valence-corrected chi connectivity index (χ0v) is 9.83. The van der Waals surface area contributed by atoms with Crippen LogP contribution in [0.5, 0.6) is 0 Å². The molecule has 0 radical (unpaired) electrons. The highest BCUT2D eigenvalue weighted by Crippen LogP contribution is 2.17. The normalized spacial score (nSPS) is 10.2. The van der Waals surface area contributed by atoms with Crippen molar-refractivity contribution in [3.63, 3.8) is 0 Å². The van der Waals surface area contributed by atoms with Crippen molar-refractivity contribution >= 4 is 28.1 Å².